The van der Waals surface area contributed by atoms with Crippen LogP contribution in [-0.4, -0.2) is 45.2 Å². The van der Waals surface area contributed by atoms with E-state index in [1.54, 1.807) is 0 Å². The molecule has 0 aromatic rings. The number of rotatable bonds is 3. The van der Waals surface area contributed by atoms with Crippen LogP contribution < -0.4 is 5.14 Å². The van der Waals surface area contributed by atoms with Crippen molar-refractivity contribution in [2.45, 2.75) is 23.8 Å². The van der Waals surface area contributed by atoms with Gasteiger partial charge in [0.1, 0.15) is 0 Å². The number of alkyl halides is 2. The number of piperidine rings is 1. The van der Waals surface area contributed by atoms with E-state index in [1.807, 2.05) is 0 Å². The summed E-state index contributed by atoms with van der Waals surface area (Å²) < 4.78 is 69.1. The molecular formula is C6H12F2N2O4S2. The average molecular weight is 278 g/mol. The molecule has 1 atom stereocenters. The number of hydrogen-bond acceptors (Lipinski definition) is 4. The molecule has 0 amide bonds. The van der Waals surface area contributed by atoms with Gasteiger partial charge in [0.2, 0.25) is 10.0 Å². The van der Waals surface area contributed by atoms with Gasteiger partial charge in [0.25, 0.3) is 10.0 Å². The van der Waals surface area contributed by atoms with E-state index in [1.165, 1.54) is 0 Å². The van der Waals surface area contributed by atoms with Gasteiger partial charge in [-0.25, -0.2) is 22.0 Å². The summed E-state index contributed by atoms with van der Waals surface area (Å²) in [5.41, 5.74) is 0. The third kappa shape index (κ3) is 2.87. The molecule has 0 spiro atoms. The highest BCUT2D eigenvalue weighted by atomic mass is 32.2. The topological polar surface area (TPSA) is 97.5 Å². The van der Waals surface area contributed by atoms with Crippen LogP contribution in [0.4, 0.5) is 8.78 Å². The van der Waals surface area contributed by atoms with Gasteiger partial charge >= 0.3 is 5.76 Å². The summed E-state index contributed by atoms with van der Waals surface area (Å²) in [7, 11) is -8.61. The van der Waals surface area contributed by atoms with Crippen molar-refractivity contribution in [2.24, 2.45) is 5.14 Å². The fourth-order valence-corrected chi connectivity index (χ4v) is 3.49. The highest BCUT2D eigenvalue weighted by molar-refractivity contribution is 7.90. The maximum Gasteiger partial charge on any atom is 0.350 e. The minimum Gasteiger partial charge on any atom is -0.228 e. The van der Waals surface area contributed by atoms with E-state index in [0.29, 0.717) is 4.31 Å². The second-order valence-corrected chi connectivity index (χ2v) is 7.26. The molecular weight excluding hydrogens is 266 g/mol. The van der Waals surface area contributed by atoms with Crippen molar-refractivity contribution in [3.05, 3.63) is 0 Å². The van der Waals surface area contributed by atoms with Gasteiger partial charge in [-0.05, 0) is 12.8 Å². The Balaban J connectivity index is 2.88. The van der Waals surface area contributed by atoms with Crippen molar-refractivity contribution in [1.82, 2.24) is 4.31 Å². The number of sulfonamides is 2. The van der Waals surface area contributed by atoms with Crippen molar-refractivity contribution in [1.29, 1.82) is 0 Å². The lowest BCUT2D eigenvalue weighted by Crippen LogP contribution is -2.48. The van der Waals surface area contributed by atoms with E-state index in [4.69, 9.17) is 5.14 Å². The second kappa shape index (κ2) is 4.51. The first kappa shape index (κ1) is 13.7. The number of hydrogen-bond donors (Lipinski definition) is 1. The van der Waals surface area contributed by atoms with Crippen molar-refractivity contribution >= 4 is 20.0 Å². The summed E-state index contributed by atoms with van der Waals surface area (Å²) in [6.45, 7) is -0.593. The van der Waals surface area contributed by atoms with E-state index < -0.39 is 37.6 Å². The first-order chi connectivity index (χ1) is 7.15. The van der Waals surface area contributed by atoms with Gasteiger partial charge in [0.05, 0.1) is 5.25 Å². The summed E-state index contributed by atoms with van der Waals surface area (Å²) in [6, 6.07) is 0. The Hall–Kier alpha value is -0.320. The van der Waals surface area contributed by atoms with E-state index in [-0.39, 0.29) is 19.4 Å². The van der Waals surface area contributed by atoms with Gasteiger partial charge in [0, 0.05) is 13.1 Å². The number of nitrogens with two attached hydrogens (primary N) is 1. The van der Waals surface area contributed by atoms with Crippen LogP contribution in [0.3, 0.4) is 0 Å². The minimum absolute atomic E-state index is 0.0985. The van der Waals surface area contributed by atoms with Gasteiger partial charge in [0.15, 0.2) is 0 Å². The predicted octanol–water partition coefficient (Wildman–Crippen LogP) is -0.708. The molecule has 1 rings (SSSR count). The first-order valence-electron chi connectivity index (χ1n) is 4.44. The lowest BCUT2D eigenvalue weighted by Gasteiger charge is -2.30. The predicted molar refractivity (Wildman–Crippen MR) is 52.6 cm³/mol. The van der Waals surface area contributed by atoms with Crippen molar-refractivity contribution in [3.8, 4) is 0 Å². The molecule has 0 bridgehead atoms. The minimum atomic E-state index is -4.71. The Morgan fingerprint density at radius 3 is 2.25 bits per heavy atom. The lowest BCUT2D eigenvalue weighted by atomic mass is 10.2. The maximum atomic E-state index is 12.2. The van der Waals surface area contributed by atoms with Crippen molar-refractivity contribution in [2.75, 3.05) is 13.1 Å². The summed E-state index contributed by atoms with van der Waals surface area (Å²) in [5, 5.41) is 3.75. The Morgan fingerprint density at radius 2 is 1.81 bits per heavy atom. The molecule has 2 N–H and O–H groups in total. The zero-order chi connectivity index (χ0) is 12.6. The van der Waals surface area contributed by atoms with Crippen LogP contribution in [0.1, 0.15) is 12.8 Å². The van der Waals surface area contributed by atoms with Crippen LogP contribution in [0.25, 0.3) is 0 Å². The van der Waals surface area contributed by atoms with E-state index in [2.05, 4.69) is 0 Å². The molecule has 1 aliphatic heterocycles. The van der Waals surface area contributed by atoms with Gasteiger partial charge < -0.3 is 0 Å². The second-order valence-electron chi connectivity index (χ2n) is 3.52. The Morgan fingerprint density at radius 1 is 1.25 bits per heavy atom. The molecule has 1 heterocycles. The molecule has 0 aromatic carbocycles. The highest BCUT2D eigenvalue weighted by Gasteiger charge is 2.38. The molecule has 0 radical (unpaired) electrons. The zero-order valence-electron chi connectivity index (χ0n) is 8.21. The van der Waals surface area contributed by atoms with Gasteiger partial charge in [-0.3, -0.25) is 0 Å². The van der Waals surface area contributed by atoms with Gasteiger partial charge in [-0.2, -0.15) is 13.1 Å². The van der Waals surface area contributed by atoms with Crippen LogP contribution >= 0.6 is 0 Å². The lowest BCUT2D eigenvalue weighted by molar-refractivity contribution is 0.214. The standard InChI is InChI=1S/C6H12F2N2O4S2/c7-6(8)16(13,14)10-3-1-2-5(4-10)15(9,11)12/h5-6H,1-4H2,(H2,9,11,12). The number of halogens is 2. The summed E-state index contributed by atoms with van der Waals surface area (Å²) in [4.78, 5) is 0. The fraction of sp³-hybridized carbons (Fsp3) is 1.00. The Kier molecular flexibility index (Phi) is 3.87. The molecule has 6 nitrogen and oxygen atoms in total. The quantitative estimate of drug-likeness (QED) is 0.737. The van der Waals surface area contributed by atoms with Crippen LogP contribution in [0.5, 0.6) is 0 Å². The summed E-state index contributed by atoms with van der Waals surface area (Å²) in [6.07, 6.45) is 0.390. The zero-order valence-corrected chi connectivity index (χ0v) is 9.85. The number of nitrogens with zero attached hydrogens (tertiary/aromatic N) is 1. The Bertz CT molecular complexity index is 447. The normalized spacial score (nSPS) is 24.9. The molecule has 0 saturated carbocycles. The molecule has 1 aliphatic rings. The molecule has 0 aliphatic carbocycles. The average Bonchev–Trinajstić information content (AvgIpc) is 2.16. The largest absolute Gasteiger partial charge is 0.350 e. The van der Waals surface area contributed by atoms with Crippen molar-refractivity contribution in [3.63, 3.8) is 0 Å². The SMILES string of the molecule is NS(=O)(=O)C1CCCN(S(=O)(=O)C(F)F)C1. The van der Waals surface area contributed by atoms with Crippen molar-refractivity contribution < 1.29 is 25.6 Å². The third-order valence-corrected chi connectivity index (χ3v) is 5.21. The Labute approximate surface area is 92.5 Å². The van der Waals surface area contributed by atoms with Crippen LogP contribution in [-0.2, 0) is 20.0 Å². The monoisotopic (exact) mass is 278 g/mol. The molecule has 1 unspecified atom stereocenters. The fourth-order valence-electron chi connectivity index (χ4n) is 1.52. The summed E-state index contributed by atoms with van der Waals surface area (Å²) in [5.74, 6) is -3.54. The highest BCUT2D eigenvalue weighted by Crippen LogP contribution is 2.21. The van der Waals surface area contributed by atoms with Crippen LogP contribution in [0.15, 0.2) is 0 Å². The molecule has 96 valence electrons. The third-order valence-electron chi connectivity index (χ3n) is 2.39. The molecule has 16 heavy (non-hydrogen) atoms. The molecule has 1 fully saturated rings. The first-order valence-corrected chi connectivity index (χ1v) is 7.55. The van der Waals surface area contributed by atoms with Gasteiger partial charge in [-0.1, -0.05) is 0 Å². The smallest absolute Gasteiger partial charge is 0.228 e. The van der Waals surface area contributed by atoms with E-state index in [9.17, 15) is 25.6 Å². The summed E-state index contributed by atoms with van der Waals surface area (Å²) >= 11 is 0. The maximum absolute atomic E-state index is 12.2. The van der Waals surface area contributed by atoms with Gasteiger partial charge in [-0.15, -0.1) is 0 Å². The molecule has 1 saturated heterocycles. The van der Waals surface area contributed by atoms with Crippen LogP contribution in [0.2, 0.25) is 0 Å². The van der Waals surface area contributed by atoms with E-state index >= 15 is 0 Å². The molecule has 0 aromatic heterocycles. The van der Waals surface area contributed by atoms with Crippen LogP contribution in [0, 0.1) is 0 Å². The number of primary sulfonamides is 1. The van der Waals surface area contributed by atoms with E-state index in [0.717, 1.165) is 0 Å². The molecule has 10 heteroatoms.